The number of rotatable bonds is 17. The molecular weight excluding hydrogens is 1090 g/mol. The summed E-state index contributed by atoms with van der Waals surface area (Å²) < 4.78 is 16.2. The molecule has 8 N–H and O–H groups in total. The topological polar surface area (TPSA) is 309 Å². The molecule has 2 fully saturated rings. The van der Waals surface area contributed by atoms with Crippen molar-refractivity contribution in [1.82, 2.24) is 52.1 Å². The maximum atomic E-state index is 13.2. The van der Waals surface area contributed by atoms with Crippen LogP contribution in [-0.2, 0) is 43.0 Å². The van der Waals surface area contributed by atoms with Crippen molar-refractivity contribution < 1.29 is 62.8 Å². The fourth-order valence-electron chi connectivity index (χ4n) is 8.79. The number of alkyl carbamates (subject to hydrolysis) is 2. The molecular formula is C62H88N10O13. The number of aliphatic hydroxyl groups is 1. The minimum absolute atomic E-state index is 0.237. The van der Waals surface area contributed by atoms with Crippen molar-refractivity contribution >= 4 is 81.5 Å². The summed E-state index contributed by atoms with van der Waals surface area (Å²) in [6.45, 7) is 32.2. The molecule has 0 aliphatic carbocycles. The Hall–Kier alpha value is -8.02. The van der Waals surface area contributed by atoms with E-state index < -0.39 is 107 Å². The van der Waals surface area contributed by atoms with Crippen LogP contribution in [0.4, 0.5) is 9.59 Å². The van der Waals surface area contributed by atoms with Gasteiger partial charge in [0, 0.05) is 36.3 Å². The summed E-state index contributed by atoms with van der Waals surface area (Å²) in [7, 11) is 0. The summed E-state index contributed by atoms with van der Waals surface area (Å²) in [6, 6.07) is 10.4. The molecule has 85 heavy (non-hydrogen) atoms. The number of nitrogens with zero attached hydrogens (tertiary/aromatic N) is 4. The van der Waals surface area contributed by atoms with Crippen LogP contribution in [0.3, 0.4) is 0 Å². The van der Waals surface area contributed by atoms with Gasteiger partial charge in [0.1, 0.15) is 53.6 Å². The number of aromatic nitrogens is 2. The average Bonchev–Trinajstić information content (AvgIpc) is 3.13. The average molecular weight is 1180 g/mol. The first kappa shape index (κ1) is 69.5. The predicted octanol–water partition coefficient (Wildman–Crippen LogP) is 7.58. The summed E-state index contributed by atoms with van der Waals surface area (Å²) >= 11 is 0. The van der Waals surface area contributed by atoms with Crippen molar-refractivity contribution in [2.24, 2.45) is 11.8 Å². The van der Waals surface area contributed by atoms with Gasteiger partial charge in [-0.3, -0.25) is 48.8 Å². The van der Waals surface area contributed by atoms with Gasteiger partial charge in [-0.1, -0.05) is 65.1 Å². The quantitative estimate of drug-likeness (QED) is 0.0373. The first-order valence-electron chi connectivity index (χ1n) is 28.6. The Morgan fingerprint density at radius 2 is 1.00 bits per heavy atom. The zero-order chi connectivity index (χ0) is 63.7. The molecule has 2 aromatic carbocycles. The van der Waals surface area contributed by atoms with Crippen molar-refractivity contribution in [2.75, 3.05) is 13.1 Å². The van der Waals surface area contributed by atoms with E-state index in [1.54, 1.807) is 108 Å². The van der Waals surface area contributed by atoms with E-state index in [0.29, 0.717) is 38.8 Å². The van der Waals surface area contributed by atoms with Gasteiger partial charge in [0.05, 0.1) is 17.5 Å². The summed E-state index contributed by atoms with van der Waals surface area (Å²) in [5, 5.41) is 35.6. The number of carboxylic acid groups (broad SMARTS) is 1. The van der Waals surface area contributed by atoms with Crippen LogP contribution >= 0.6 is 0 Å². The zero-order valence-electron chi connectivity index (χ0n) is 51.5. The second-order valence-corrected chi connectivity index (χ2v) is 23.8. The van der Waals surface area contributed by atoms with Gasteiger partial charge in [0.25, 0.3) is 11.8 Å². The SMILES string of the molecule is C=Cc1cc2cc([C@@H](C)O)ccc2cn1.C=Cc1cc2cc([C@@H](C)OC(=O)[C@@H]3CCCN(C(=O)[C@H](C)NC(=O)[C@@H](NC(=O)OC(C)(C)C)C(C)C)N3)ccc2cn1.CC(C)C(NC(=O)OC(C)(C)C)C(=O)N[C@@H](C)C(=O)N1CCC[C@@H](C(=O)O)N1. The number of hydrogen-bond donors (Lipinski definition) is 8. The third-order valence-electron chi connectivity index (χ3n) is 13.4. The van der Waals surface area contributed by atoms with E-state index >= 15 is 0 Å². The summed E-state index contributed by atoms with van der Waals surface area (Å²) in [6.07, 6.45) is 6.64. The zero-order valence-corrected chi connectivity index (χ0v) is 51.5. The van der Waals surface area contributed by atoms with E-state index in [1.165, 1.54) is 16.9 Å². The van der Waals surface area contributed by atoms with Crippen molar-refractivity contribution in [3.8, 4) is 0 Å². The Morgan fingerprint density at radius 3 is 1.39 bits per heavy atom. The number of hydrogen-bond acceptors (Lipinski definition) is 16. The highest BCUT2D eigenvalue weighted by Crippen LogP contribution is 2.25. The molecule has 6 amide bonds. The minimum Gasteiger partial charge on any atom is -0.480 e. The lowest BCUT2D eigenvalue weighted by Gasteiger charge is -2.35. The maximum absolute atomic E-state index is 13.2. The summed E-state index contributed by atoms with van der Waals surface area (Å²) in [5.74, 6) is -3.88. The Balaban J connectivity index is 0.000000307. The third-order valence-corrected chi connectivity index (χ3v) is 13.4. The molecule has 23 heteroatoms. The fourth-order valence-corrected chi connectivity index (χ4v) is 8.79. The molecule has 0 bridgehead atoms. The van der Waals surface area contributed by atoms with Gasteiger partial charge >= 0.3 is 24.1 Å². The summed E-state index contributed by atoms with van der Waals surface area (Å²) in [4.78, 5) is 108. The molecule has 0 spiro atoms. The lowest BCUT2D eigenvalue weighted by atomic mass is 10.0. The van der Waals surface area contributed by atoms with Crippen molar-refractivity contribution in [3.05, 3.63) is 96.6 Å². The van der Waals surface area contributed by atoms with Crippen LogP contribution in [0.25, 0.3) is 33.7 Å². The first-order valence-corrected chi connectivity index (χ1v) is 28.6. The van der Waals surface area contributed by atoms with E-state index in [4.69, 9.17) is 19.3 Å². The molecule has 2 aliphatic rings. The monoisotopic (exact) mass is 1180 g/mol. The Labute approximate surface area is 498 Å². The van der Waals surface area contributed by atoms with E-state index in [-0.39, 0.29) is 11.8 Å². The van der Waals surface area contributed by atoms with E-state index in [2.05, 4.69) is 55.2 Å². The Kier molecular flexibility index (Phi) is 25.5. The number of esters is 1. The lowest BCUT2D eigenvalue weighted by molar-refractivity contribution is -0.157. The van der Waals surface area contributed by atoms with Crippen LogP contribution in [0.5, 0.6) is 0 Å². The molecule has 2 aromatic heterocycles. The lowest BCUT2D eigenvalue weighted by Crippen LogP contribution is -2.61. The van der Waals surface area contributed by atoms with Gasteiger partial charge in [-0.25, -0.2) is 20.4 Å². The van der Waals surface area contributed by atoms with Gasteiger partial charge in [-0.05, 0) is 165 Å². The molecule has 2 saturated heterocycles. The highest BCUT2D eigenvalue weighted by atomic mass is 16.6. The first-order chi connectivity index (χ1) is 39.7. The maximum Gasteiger partial charge on any atom is 0.408 e. The minimum atomic E-state index is -1.03. The van der Waals surface area contributed by atoms with Gasteiger partial charge in [-0.2, -0.15) is 0 Å². The van der Waals surface area contributed by atoms with E-state index in [9.17, 15) is 43.5 Å². The second-order valence-electron chi connectivity index (χ2n) is 23.8. The van der Waals surface area contributed by atoms with E-state index in [1.807, 2.05) is 54.7 Å². The molecule has 2 aliphatic heterocycles. The largest absolute Gasteiger partial charge is 0.480 e. The highest BCUT2D eigenvalue weighted by molar-refractivity contribution is 5.93. The Morgan fingerprint density at radius 1 is 0.600 bits per heavy atom. The molecule has 8 atom stereocenters. The molecule has 1 unspecified atom stereocenters. The molecule has 6 rings (SSSR count). The molecule has 0 saturated carbocycles. The predicted molar refractivity (Wildman–Crippen MR) is 323 cm³/mol. The van der Waals surface area contributed by atoms with Crippen LogP contribution in [0.2, 0.25) is 0 Å². The van der Waals surface area contributed by atoms with Crippen LogP contribution < -0.4 is 32.1 Å². The number of aliphatic hydroxyl groups excluding tert-OH is 1. The van der Waals surface area contributed by atoms with Crippen molar-refractivity contribution in [2.45, 2.75) is 182 Å². The number of ether oxygens (including phenoxy) is 3. The number of pyridine rings is 2. The van der Waals surface area contributed by atoms with E-state index in [0.717, 1.165) is 44.1 Å². The fraction of sp³-hybridized carbons (Fsp3) is 0.516. The summed E-state index contributed by atoms with van der Waals surface area (Å²) in [5.41, 5.74) is 7.56. The number of hydrazine groups is 2. The molecule has 4 heterocycles. The van der Waals surface area contributed by atoms with Gasteiger partial charge < -0.3 is 45.7 Å². The number of carbonyl (C=O) groups excluding carboxylic acids is 7. The van der Waals surface area contributed by atoms with Crippen molar-refractivity contribution in [3.63, 3.8) is 0 Å². The standard InChI is InChI=1S/C31H43N5O6.C18H32N4O6.C13H13NO/c1-9-24-16-23-15-21(12-13-22(23)17-32-24)20(5)41-29(39)25-11-10-14-36(35-25)28(38)19(4)33-27(37)26(18(2)3)34-30(40)42-31(6,7)8;1-10(2)13(20-17(27)28-18(4,5)6)14(23)19-11(3)15(24)22-9-7-8-12(21-22)16(25)26;1-3-13-7-12-6-10(9(2)15)4-5-11(12)8-14-13/h9,12-13,15-20,25-26,35H,1,10-11,14H2,2-8H3,(H,33,37)(H,34,40);10-13,21H,7-9H2,1-6H3,(H,19,23)(H,20,27)(H,25,26);3-9,15H,1H2,2H3/t19-,20+,25-,26-;11-,12-,13?;9-/m001/s1. The van der Waals surface area contributed by atoms with Gasteiger partial charge in [0.15, 0.2) is 0 Å². The van der Waals surface area contributed by atoms with Crippen LogP contribution in [0.15, 0.2) is 74.1 Å². The number of fused-ring (bicyclic) bond motifs is 2. The number of nitrogens with one attached hydrogen (secondary N) is 6. The number of carboxylic acids is 1. The van der Waals surface area contributed by atoms with Crippen molar-refractivity contribution in [1.29, 1.82) is 0 Å². The Bertz CT molecular complexity index is 3030. The third kappa shape index (κ3) is 21.8. The number of carbonyl (C=O) groups is 8. The molecule has 464 valence electrons. The number of aliphatic carboxylic acids is 1. The van der Waals surface area contributed by atoms with Gasteiger partial charge in [-0.15, -0.1) is 0 Å². The molecule has 4 aromatic rings. The van der Waals surface area contributed by atoms with Crippen LogP contribution in [-0.4, -0.2) is 138 Å². The second kappa shape index (κ2) is 31.2. The van der Waals surface area contributed by atoms with Gasteiger partial charge in [0.2, 0.25) is 11.8 Å². The molecule has 0 radical (unpaired) electrons. The molecule has 23 nitrogen and oxygen atoms in total. The number of benzene rings is 2. The smallest absolute Gasteiger partial charge is 0.408 e. The van der Waals surface area contributed by atoms with Crippen LogP contribution in [0.1, 0.15) is 157 Å². The van der Waals surface area contributed by atoms with Crippen LogP contribution in [0, 0.1) is 11.8 Å². The number of amides is 6. The highest BCUT2D eigenvalue weighted by Gasteiger charge is 2.36. The normalized spacial score (nSPS) is 17.4.